The van der Waals surface area contributed by atoms with Gasteiger partial charge in [-0.25, -0.2) is 4.98 Å². The number of carbonyl (C=O) groups is 1. The van der Waals surface area contributed by atoms with Gasteiger partial charge in [0.2, 0.25) is 5.91 Å². The maximum absolute atomic E-state index is 12.5. The summed E-state index contributed by atoms with van der Waals surface area (Å²) in [6.07, 6.45) is 1.81. The molecule has 1 atom stereocenters. The molecule has 0 aliphatic rings. The van der Waals surface area contributed by atoms with E-state index in [0.717, 1.165) is 38.1 Å². The summed E-state index contributed by atoms with van der Waals surface area (Å²) in [6.45, 7) is 7.81. The number of thiazole rings is 1. The van der Waals surface area contributed by atoms with Crippen LogP contribution in [0.2, 0.25) is 0 Å². The van der Waals surface area contributed by atoms with E-state index < -0.39 is 0 Å². The topological polar surface area (TPSA) is 54.9 Å². The first kappa shape index (κ1) is 17.3. The van der Waals surface area contributed by atoms with Crippen LogP contribution in [0.25, 0.3) is 11.1 Å². The van der Waals surface area contributed by atoms with Gasteiger partial charge < -0.3 is 5.32 Å². The Bertz CT molecular complexity index is 900. The number of nitrogens with one attached hydrogen (secondary N) is 1. The normalized spacial score (nSPS) is 12.0. The van der Waals surface area contributed by atoms with Gasteiger partial charge in [-0.2, -0.15) is 0 Å². The Morgan fingerprint density at radius 3 is 2.40 bits per heavy atom. The molecule has 25 heavy (non-hydrogen) atoms. The van der Waals surface area contributed by atoms with E-state index in [9.17, 15) is 4.79 Å². The number of anilines is 1. The van der Waals surface area contributed by atoms with E-state index >= 15 is 0 Å². The Labute approximate surface area is 152 Å². The molecule has 0 saturated carbocycles. The van der Waals surface area contributed by atoms with Crippen molar-refractivity contribution in [3.8, 4) is 11.1 Å². The minimum Gasteiger partial charge on any atom is -0.326 e. The van der Waals surface area contributed by atoms with Crippen molar-refractivity contribution in [3.05, 3.63) is 63.9 Å². The van der Waals surface area contributed by atoms with E-state index in [1.54, 1.807) is 17.5 Å². The van der Waals surface area contributed by atoms with Gasteiger partial charge in [0, 0.05) is 22.5 Å². The van der Waals surface area contributed by atoms with Crippen molar-refractivity contribution in [2.45, 2.75) is 33.6 Å². The van der Waals surface area contributed by atoms with Crippen LogP contribution in [0.1, 0.15) is 34.1 Å². The van der Waals surface area contributed by atoms with Gasteiger partial charge >= 0.3 is 0 Å². The molecule has 0 aliphatic heterocycles. The molecule has 2 heterocycles. The first-order chi connectivity index (χ1) is 11.9. The average Bonchev–Trinajstić information content (AvgIpc) is 2.93. The predicted molar refractivity (Wildman–Crippen MR) is 103 cm³/mol. The maximum Gasteiger partial charge on any atom is 0.232 e. The van der Waals surface area contributed by atoms with Crippen LogP contribution >= 0.6 is 11.3 Å². The molecule has 0 fully saturated rings. The lowest BCUT2D eigenvalue weighted by Crippen LogP contribution is -2.18. The van der Waals surface area contributed by atoms with Crippen molar-refractivity contribution in [1.29, 1.82) is 0 Å². The largest absolute Gasteiger partial charge is 0.326 e. The number of hydrogen-bond donors (Lipinski definition) is 1. The molecule has 2 aromatic heterocycles. The number of aryl methyl sites for hydroxylation is 3. The number of carbonyl (C=O) groups excluding carboxylic acids is 1. The van der Waals surface area contributed by atoms with Gasteiger partial charge in [-0.1, -0.05) is 12.1 Å². The third kappa shape index (κ3) is 3.94. The highest BCUT2D eigenvalue weighted by atomic mass is 32.1. The van der Waals surface area contributed by atoms with E-state index in [1.807, 2.05) is 64.1 Å². The summed E-state index contributed by atoms with van der Waals surface area (Å²) in [5.41, 5.74) is 4.94. The number of rotatable bonds is 4. The van der Waals surface area contributed by atoms with Crippen LogP contribution in [0.4, 0.5) is 5.69 Å². The van der Waals surface area contributed by atoms with E-state index in [2.05, 4.69) is 15.3 Å². The summed E-state index contributed by atoms with van der Waals surface area (Å²) in [4.78, 5) is 22.2. The summed E-state index contributed by atoms with van der Waals surface area (Å²) in [6, 6.07) is 11.9. The molecule has 3 aromatic rings. The summed E-state index contributed by atoms with van der Waals surface area (Å²) < 4.78 is 0. The van der Waals surface area contributed by atoms with Crippen LogP contribution in [0.3, 0.4) is 0 Å². The highest BCUT2D eigenvalue weighted by molar-refractivity contribution is 7.11. The Balaban J connectivity index is 1.73. The summed E-state index contributed by atoms with van der Waals surface area (Å²) in [7, 11) is 0. The Morgan fingerprint density at radius 2 is 1.80 bits per heavy atom. The van der Waals surface area contributed by atoms with Crippen molar-refractivity contribution in [2.24, 2.45) is 0 Å². The zero-order chi connectivity index (χ0) is 18.0. The molecule has 0 saturated heterocycles. The smallest absolute Gasteiger partial charge is 0.232 e. The first-order valence-corrected chi connectivity index (χ1v) is 9.03. The lowest BCUT2D eigenvalue weighted by Gasteiger charge is -2.12. The number of hydrogen-bond acceptors (Lipinski definition) is 4. The van der Waals surface area contributed by atoms with Crippen molar-refractivity contribution in [1.82, 2.24) is 9.97 Å². The monoisotopic (exact) mass is 351 g/mol. The van der Waals surface area contributed by atoms with Crippen LogP contribution in [0.15, 0.2) is 42.6 Å². The summed E-state index contributed by atoms with van der Waals surface area (Å²) >= 11 is 1.58. The Hall–Kier alpha value is -2.53. The lowest BCUT2D eigenvalue weighted by atomic mass is 10.1. The van der Waals surface area contributed by atoms with Crippen LogP contribution in [0.5, 0.6) is 0 Å². The second-order valence-electron chi connectivity index (χ2n) is 6.16. The zero-order valence-corrected chi connectivity index (χ0v) is 15.6. The van der Waals surface area contributed by atoms with Crippen LogP contribution in [-0.2, 0) is 4.79 Å². The van der Waals surface area contributed by atoms with Crippen LogP contribution in [0, 0.1) is 20.8 Å². The molecule has 0 radical (unpaired) electrons. The van der Waals surface area contributed by atoms with Crippen LogP contribution < -0.4 is 5.32 Å². The van der Waals surface area contributed by atoms with E-state index in [0.29, 0.717) is 0 Å². The number of pyridine rings is 1. The molecule has 1 amide bonds. The fourth-order valence-corrected chi connectivity index (χ4v) is 3.77. The second-order valence-corrected chi connectivity index (χ2v) is 7.39. The van der Waals surface area contributed by atoms with Gasteiger partial charge in [0.05, 0.1) is 16.6 Å². The molecule has 1 unspecified atom stereocenters. The highest BCUT2D eigenvalue weighted by Crippen LogP contribution is 2.28. The van der Waals surface area contributed by atoms with E-state index in [-0.39, 0.29) is 11.8 Å². The predicted octanol–water partition coefficient (Wildman–Crippen LogP) is 4.87. The van der Waals surface area contributed by atoms with Gasteiger partial charge in [-0.15, -0.1) is 11.3 Å². The number of aromatic nitrogens is 2. The minimum atomic E-state index is -0.214. The zero-order valence-electron chi connectivity index (χ0n) is 14.8. The first-order valence-electron chi connectivity index (χ1n) is 8.22. The molecule has 3 rings (SSSR count). The minimum absolute atomic E-state index is 0.0146. The molecule has 4 nitrogen and oxygen atoms in total. The third-order valence-corrected chi connectivity index (χ3v) is 5.36. The number of nitrogens with zero attached hydrogens (tertiary/aromatic N) is 2. The van der Waals surface area contributed by atoms with E-state index in [1.165, 1.54) is 0 Å². The van der Waals surface area contributed by atoms with Crippen molar-refractivity contribution in [3.63, 3.8) is 0 Å². The maximum atomic E-state index is 12.5. The molecule has 0 spiro atoms. The SMILES string of the molecule is Cc1cc(-c2ccc(NC(=O)C(C)c3sc(C)nc3C)cc2)ccn1. The lowest BCUT2D eigenvalue weighted by molar-refractivity contribution is -0.117. The van der Waals surface area contributed by atoms with E-state index in [4.69, 9.17) is 0 Å². The molecule has 128 valence electrons. The Morgan fingerprint density at radius 1 is 1.08 bits per heavy atom. The Kier molecular flexibility index (Phi) is 4.95. The third-order valence-electron chi connectivity index (χ3n) is 4.11. The second kappa shape index (κ2) is 7.15. The molecular weight excluding hydrogens is 330 g/mol. The van der Waals surface area contributed by atoms with Crippen molar-refractivity contribution in [2.75, 3.05) is 5.32 Å². The molecule has 0 bridgehead atoms. The summed E-state index contributed by atoms with van der Waals surface area (Å²) in [5, 5.41) is 3.98. The van der Waals surface area contributed by atoms with Crippen molar-refractivity contribution >= 4 is 22.9 Å². The van der Waals surface area contributed by atoms with Gasteiger partial charge in [-0.3, -0.25) is 9.78 Å². The number of benzene rings is 1. The summed E-state index contributed by atoms with van der Waals surface area (Å²) in [5.74, 6) is -0.229. The average molecular weight is 351 g/mol. The highest BCUT2D eigenvalue weighted by Gasteiger charge is 2.20. The van der Waals surface area contributed by atoms with Crippen LogP contribution in [-0.4, -0.2) is 15.9 Å². The molecule has 0 aliphatic carbocycles. The van der Waals surface area contributed by atoms with Crippen molar-refractivity contribution < 1.29 is 4.79 Å². The fourth-order valence-electron chi connectivity index (χ4n) is 2.79. The molecular formula is C20H21N3OS. The molecule has 1 N–H and O–H groups in total. The fraction of sp³-hybridized carbons (Fsp3) is 0.250. The van der Waals surface area contributed by atoms with Gasteiger partial charge in [-0.05, 0) is 63.1 Å². The molecule has 5 heteroatoms. The standard InChI is InChI=1S/C20H21N3OS/c1-12-11-17(9-10-21-12)16-5-7-18(8-6-16)23-20(24)13(2)19-14(3)22-15(4)25-19/h5-11,13H,1-4H3,(H,23,24). The number of amides is 1. The van der Waals surface area contributed by atoms with Gasteiger partial charge in [0.15, 0.2) is 0 Å². The van der Waals surface area contributed by atoms with Gasteiger partial charge in [0.1, 0.15) is 0 Å². The quantitative estimate of drug-likeness (QED) is 0.729. The van der Waals surface area contributed by atoms with Gasteiger partial charge in [0.25, 0.3) is 0 Å². The molecule has 1 aromatic carbocycles.